The number of hydrogen-bond donors (Lipinski definition) is 1. The summed E-state index contributed by atoms with van der Waals surface area (Å²) in [6.07, 6.45) is 0.706. The highest BCUT2D eigenvalue weighted by Crippen LogP contribution is 2.38. The lowest BCUT2D eigenvalue weighted by Crippen LogP contribution is -2.62. The van der Waals surface area contributed by atoms with Gasteiger partial charge >= 0.3 is 0 Å². The van der Waals surface area contributed by atoms with Crippen molar-refractivity contribution in [3.05, 3.63) is 23.8 Å². The van der Waals surface area contributed by atoms with Gasteiger partial charge in [-0.05, 0) is 25.0 Å². The molecule has 2 saturated heterocycles. The van der Waals surface area contributed by atoms with E-state index >= 15 is 0 Å². The van der Waals surface area contributed by atoms with Crippen molar-refractivity contribution >= 4 is 17.5 Å². The molecule has 8 nitrogen and oxygen atoms in total. The summed E-state index contributed by atoms with van der Waals surface area (Å²) in [4.78, 5) is 32.1. The summed E-state index contributed by atoms with van der Waals surface area (Å²) < 4.78 is 10.8. The normalized spacial score (nSPS) is 24.1. The first-order valence-corrected chi connectivity index (χ1v) is 10.9. The van der Waals surface area contributed by atoms with Gasteiger partial charge in [-0.2, -0.15) is 0 Å². The van der Waals surface area contributed by atoms with E-state index in [4.69, 9.17) is 9.47 Å². The number of anilines is 1. The molecule has 8 heteroatoms. The first-order chi connectivity index (χ1) is 14.6. The molecule has 0 radical (unpaired) electrons. The molecule has 3 heterocycles. The van der Waals surface area contributed by atoms with Gasteiger partial charge in [0.25, 0.3) is 0 Å². The van der Waals surface area contributed by atoms with Crippen molar-refractivity contribution < 1.29 is 19.1 Å². The number of fused-ring (bicyclic) bond motifs is 3. The fourth-order valence-corrected chi connectivity index (χ4v) is 4.82. The molecule has 2 fully saturated rings. The van der Waals surface area contributed by atoms with Crippen LogP contribution in [0.4, 0.5) is 5.69 Å². The van der Waals surface area contributed by atoms with Crippen LogP contribution in [-0.2, 0) is 20.7 Å². The van der Waals surface area contributed by atoms with Gasteiger partial charge in [-0.15, -0.1) is 0 Å². The molecule has 0 aliphatic carbocycles. The molecule has 1 aromatic carbocycles. The van der Waals surface area contributed by atoms with Crippen LogP contribution in [0.5, 0.6) is 5.75 Å². The summed E-state index contributed by atoms with van der Waals surface area (Å²) in [5.74, 6) is 0.940. The average Bonchev–Trinajstić information content (AvgIpc) is 2.78. The van der Waals surface area contributed by atoms with Crippen LogP contribution in [0.3, 0.4) is 0 Å². The molecule has 3 aliphatic rings. The molecule has 30 heavy (non-hydrogen) atoms. The Morgan fingerprint density at radius 2 is 2.00 bits per heavy atom. The highest BCUT2D eigenvalue weighted by atomic mass is 16.5. The molecule has 0 aromatic heterocycles. The van der Waals surface area contributed by atoms with Gasteiger partial charge in [0, 0.05) is 51.0 Å². The minimum atomic E-state index is -0.132. The topological polar surface area (TPSA) is 74.4 Å². The quantitative estimate of drug-likeness (QED) is 0.747. The van der Waals surface area contributed by atoms with E-state index in [0.29, 0.717) is 52.4 Å². The fraction of sp³-hybridized carbons (Fsp3) is 0.636. The Labute approximate surface area is 178 Å². The molecule has 0 unspecified atom stereocenters. The molecular formula is C22H32N4O4. The van der Waals surface area contributed by atoms with E-state index in [-0.39, 0.29) is 23.8 Å². The molecule has 2 atom stereocenters. The first kappa shape index (κ1) is 20.9. The van der Waals surface area contributed by atoms with Crippen molar-refractivity contribution in [1.29, 1.82) is 0 Å². The predicted octanol–water partition coefficient (Wildman–Crippen LogP) is 0.353. The molecule has 1 aromatic rings. The second-order valence-corrected chi connectivity index (χ2v) is 8.19. The summed E-state index contributed by atoms with van der Waals surface area (Å²) in [5, 5.41) is 3.01. The van der Waals surface area contributed by atoms with Gasteiger partial charge in [-0.25, -0.2) is 0 Å². The van der Waals surface area contributed by atoms with Crippen LogP contribution in [-0.4, -0.2) is 93.8 Å². The molecule has 3 aliphatic heterocycles. The van der Waals surface area contributed by atoms with Crippen molar-refractivity contribution in [2.75, 3.05) is 71.0 Å². The number of ether oxygens (including phenoxy) is 2. The van der Waals surface area contributed by atoms with Crippen LogP contribution in [0.25, 0.3) is 0 Å². The summed E-state index contributed by atoms with van der Waals surface area (Å²) in [7, 11) is 1.68. The number of piperazine rings is 1. The van der Waals surface area contributed by atoms with Crippen LogP contribution in [0.2, 0.25) is 0 Å². The van der Waals surface area contributed by atoms with Crippen molar-refractivity contribution in [3.8, 4) is 5.75 Å². The summed E-state index contributed by atoms with van der Waals surface area (Å²) in [6, 6.07) is 6.16. The maximum absolute atomic E-state index is 12.9. The van der Waals surface area contributed by atoms with Crippen molar-refractivity contribution in [3.63, 3.8) is 0 Å². The monoisotopic (exact) mass is 416 g/mol. The third kappa shape index (κ3) is 4.25. The Morgan fingerprint density at radius 1 is 1.20 bits per heavy atom. The van der Waals surface area contributed by atoms with E-state index < -0.39 is 0 Å². The standard InChI is InChI=1S/C22H32N4O4/c1-3-23-22(28)18-12-16-4-5-17(29-2)13-19(16)26-7-6-24(14-20(18)26)15-21(27)25-8-10-30-11-9-25/h4-5,13,18,20H,3,6-12,14-15H2,1-2H3,(H,23,28)/t18-,20-/m0/s1. The number of methoxy groups -OCH3 is 1. The molecule has 1 N–H and O–H groups in total. The smallest absolute Gasteiger partial charge is 0.236 e. The highest BCUT2D eigenvalue weighted by molar-refractivity contribution is 5.82. The number of amides is 2. The third-order valence-electron chi connectivity index (χ3n) is 6.42. The number of nitrogens with one attached hydrogen (secondary N) is 1. The zero-order chi connectivity index (χ0) is 21.1. The largest absolute Gasteiger partial charge is 0.497 e. The van der Waals surface area contributed by atoms with Gasteiger partial charge in [0.05, 0.1) is 38.8 Å². The number of morpholine rings is 1. The van der Waals surface area contributed by atoms with E-state index in [1.54, 1.807) is 7.11 Å². The van der Waals surface area contributed by atoms with E-state index in [2.05, 4.69) is 27.2 Å². The maximum atomic E-state index is 12.9. The van der Waals surface area contributed by atoms with Crippen molar-refractivity contribution in [2.24, 2.45) is 5.92 Å². The van der Waals surface area contributed by atoms with Gasteiger partial charge < -0.3 is 24.6 Å². The van der Waals surface area contributed by atoms with Crippen molar-refractivity contribution in [2.45, 2.75) is 19.4 Å². The van der Waals surface area contributed by atoms with Crippen LogP contribution in [0, 0.1) is 5.92 Å². The van der Waals surface area contributed by atoms with Crippen LogP contribution >= 0.6 is 0 Å². The number of nitrogens with zero attached hydrogens (tertiary/aromatic N) is 3. The molecule has 164 valence electrons. The van der Waals surface area contributed by atoms with Crippen LogP contribution in [0.1, 0.15) is 12.5 Å². The Balaban J connectivity index is 1.52. The van der Waals surface area contributed by atoms with Gasteiger partial charge in [-0.3, -0.25) is 14.5 Å². The van der Waals surface area contributed by atoms with E-state index in [1.165, 1.54) is 5.56 Å². The Bertz CT molecular complexity index is 780. The number of hydrogen-bond acceptors (Lipinski definition) is 6. The van der Waals surface area contributed by atoms with Crippen LogP contribution < -0.4 is 15.0 Å². The maximum Gasteiger partial charge on any atom is 0.236 e. The van der Waals surface area contributed by atoms with Crippen molar-refractivity contribution in [1.82, 2.24) is 15.1 Å². The minimum absolute atomic E-state index is 0.0439. The third-order valence-corrected chi connectivity index (χ3v) is 6.42. The predicted molar refractivity (Wildman–Crippen MR) is 114 cm³/mol. The van der Waals surface area contributed by atoms with E-state index in [9.17, 15) is 9.59 Å². The Morgan fingerprint density at radius 3 is 2.73 bits per heavy atom. The number of benzene rings is 1. The Hall–Kier alpha value is -2.32. The lowest BCUT2D eigenvalue weighted by molar-refractivity contribution is -0.136. The zero-order valence-electron chi connectivity index (χ0n) is 17.9. The average molecular weight is 417 g/mol. The minimum Gasteiger partial charge on any atom is -0.497 e. The van der Waals surface area contributed by atoms with Gasteiger partial charge in [0.2, 0.25) is 11.8 Å². The SMILES string of the molecule is CCNC(=O)[C@H]1Cc2ccc(OC)cc2N2CCN(CC(=O)N3CCOCC3)C[C@@H]12. The van der Waals surface area contributed by atoms with Crippen LogP contribution in [0.15, 0.2) is 18.2 Å². The lowest BCUT2D eigenvalue weighted by atomic mass is 9.83. The van der Waals surface area contributed by atoms with Gasteiger partial charge in [0.15, 0.2) is 0 Å². The Kier molecular flexibility index (Phi) is 6.43. The summed E-state index contributed by atoms with van der Waals surface area (Å²) >= 11 is 0. The van der Waals surface area contributed by atoms with Gasteiger partial charge in [-0.1, -0.05) is 6.07 Å². The zero-order valence-corrected chi connectivity index (χ0v) is 17.9. The van der Waals surface area contributed by atoms with E-state index in [0.717, 1.165) is 24.5 Å². The molecule has 0 spiro atoms. The molecule has 2 amide bonds. The lowest BCUT2D eigenvalue weighted by Gasteiger charge is -2.49. The molecule has 0 saturated carbocycles. The molecular weight excluding hydrogens is 384 g/mol. The second-order valence-electron chi connectivity index (χ2n) is 8.19. The molecule has 4 rings (SSSR count). The van der Waals surface area contributed by atoms with Gasteiger partial charge in [0.1, 0.15) is 5.75 Å². The fourth-order valence-electron chi connectivity index (χ4n) is 4.82. The molecule has 0 bridgehead atoms. The number of carbonyl (C=O) groups excluding carboxylic acids is 2. The first-order valence-electron chi connectivity index (χ1n) is 10.9. The highest BCUT2D eigenvalue weighted by Gasteiger charge is 2.42. The second kappa shape index (κ2) is 9.22. The number of rotatable bonds is 5. The number of carbonyl (C=O) groups is 2. The van der Waals surface area contributed by atoms with E-state index in [1.807, 2.05) is 17.9 Å². The summed E-state index contributed by atoms with van der Waals surface area (Å²) in [6.45, 7) is 7.81. The summed E-state index contributed by atoms with van der Waals surface area (Å²) in [5.41, 5.74) is 2.33.